The Balaban J connectivity index is 1.94. The topological polar surface area (TPSA) is 131 Å². The van der Waals surface area contributed by atoms with E-state index in [4.69, 9.17) is 10.5 Å². The minimum atomic E-state index is -1.28. The summed E-state index contributed by atoms with van der Waals surface area (Å²) in [6.45, 7) is 3.27. The van der Waals surface area contributed by atoms with Crippen molar-refractivity contribution in [2.24, 2.45) is 5.73 Å². The smallest absolute Gasteiger partial charge is 0.408 e. The molecule has 0 heterocycles. The molecule has 0 fully saturated rings. The number of primary amides is 1. The van der Waals surface area contributed by atoms with Crippen LogP contribution in [0.1, 0.15) is 22.3 Å². The predicted octanol–water partition coefficient (Wildman–Crippen LogP) is 1.10. The summed E-state index contributed by atoms with van der Waals surface area (Å²) in [5.74, 6) is -1.45. The number of aryl methyl sites for hydroxylation is 2. The quantitative estimate of drug-likeness (QED) is 0.489. The van der Waals surface area contributed by atoms with Gasteiger partial charge in [0.1, 0.15) is 18.7 Å². The van der Waals surface area contributed by atoms with Gasteiger partial charge in [0.15, 0.2) is 0 Å². The van der Waals surface area contributed by atoms with E-state index in [1.165, 1.54) is 0 Å². The molecular formula is C22H27N3O5. The van der Waals surface area contributed by atoms with Crippen molar-refractivity contribution in [1.82, 2.24) is 10.6 Å². The highest BCUT2D eigenvalue weighted by molar-refractivity contribution is 5.91. The van der Waals surface area contributed by atoms with Gasteiger partial charge in [-0.3, -0.25) is 9.59 Å². The van der Waals surface area contributed by atoms with Crippen LogP contribution in [0.3, 0.4) is 0 Å². The fraction of sp³-hybridized carbons (Fsp3) is 0.318. The normalized spacial score (nSPS) is 12.5. The van der Waals surface area contributed by atoms with Crippen LogP contribution < -0.4 is 16.4 Å². The lowest BCUT2D eigenvalue weighted by atomic mass is 10.0. The van der Waals surface area contributed by atoms with Gasteiger partial charge in [0.05, 0.1) is 6.61 Å². The number of hydrogen-bond acceptors (Lipinski definition) is 5. The van der Waals surface area contributed by atoms with E-state index in [-0.39, 0.29) is 13.0 Å². The van der Waals surface area contributed by atoms with Gasteiger partial charge in [-0.2, -0.15) is 0 Å². The molecule has 0 aliphatic heterocycles. The molecule has 0 aliphatic carbocycles. The minimum absolute atomic E-state index is 0.0170. The van der Waals surface area contributed by atoms with Crippen LogP contribution in [0.15, 0.2) is 48.5 Å². The molecule has 0 unspecified atom stereocenters. The first-order valence-electron chi connectivity index (χ1n) is 9.54. The van der Waals surface area contributed by atoms with Gasteiger partial charge in [-0.25, -0.2) is 4.79 Å². The second-order valence-corrected chi connectivity index (χ2v) is 7.03. The van der Waals surface area contributed by atoms with Gasteiger partial charge in [0, 0.05) is 6.42 Å². The summed E-state index contributed by atoms with van der Waals surface area (Å²) in [5.41, 5.74) is 9.20. The number of hydrogen-bond donors (Lipinski definition) is 4. The Hall–Kier alpha value is -3.39. The van der Waals surface area contributed by atoms with Gasteiger partial charge in [-0.1, -0.05) is 48.5 Å². The maximum absolute atomic E-state index is 12.5. The molecule has 2 atom stereocenters. The highest BCUT2D eigenvalue weighted by Gasteiger charge is 2.26. The summed E-state index contributed by atoms with van der Waals surface area (Å²) < 4.78 is 5.05. The lowest BCUT2D eigenvalue weighted by Crippen LogP contribution is -2.54. The largest absolute Gasteiger partial charge is 0.445 e. The third-order valence-electron chi connectivity index (χ3n) is 4.67. The Bertz CT molecular complexity index is 886. The molecule has 2 aromatic rings. The molecule has 160 valence electrons. The molecular weight excluding hydrogens is 386 g/mol. The third-order valence-corrected chi connectivity index (χ3v) is 4.67. The summed E-state index contributed by atoms with van der Waals surface area (Å²) >= 11 is 0. The van der Waals surface area contributed by atoms with E-state index in [2.05, 4.69) is 10.6 Å². The highest BCUT2D eigenvalue weighted by atomic mass is 16.5. The molecule has 2 aromatic carbocycles. The first-order chi connectivity index (χ1) is 14.3. The van der Waals surface area contributed by atoms with Gasteiger partial charge < -0.3 is 26.2 Å². The van der Waals surface area contributed by atoms with E-state index in [1.54, 1.807) is 24.3 Å². The monoisotopic (exact) mass is 413 g/mol. The molecule has 0 aromatic heterocycles. The number of benzene rings is 2. The predicted molar refractivity (Wildman–Crippen MR) is 111 cm³/mol. The Labute approximate surface area is 175 Å². The van der Waals surface area contributed by atoms with Crippen LogP contribution in [-0.2, 0) is 27.4 Å². The van der Waals surface area contributed by atoms with Crippen molar-refractivity contribution < 1.29 is 24.2 Å². The molecule has 5 N–H and O–H groups in total. The van der Waals surface area contributed by atoms with E-state index in [0.29, 0.717) is 0 Å². The number of carbonyl (C=O) groups excluding carboxylic acids is 3. The molecule has 0 saturated heterocycles. The van der Waals surface area contributed by atoms with E-state index < -0.39 is 36.6 Å². The minimum Gasteiger partial charge on any atom is -0.445 e. The summed E-state index contributed by atoms with van der Waals surface area (Å²) in [5, 5.41) is 14.3. The standard InChI is InChI=1S/C22H27N3O5/c1-14-8-9-17(10-15(14)2)11-18(20(23)27)24-21(28)19(12-26)25-22(29)30-13-16-6-4-3-5-7-16/h3-10,18-19,26H,11-13H2,1-2H3,(H2,23,27)(H,24,28)(H,25,29)/t18-,19+/m1/s1. The lowest BCUT2D eigenvalue weighted by Gasteiger charge is -2.21. The van der Waals surface area contributed by atoms with Crippen LogP contribution in [0.2, 0.25) is 0 Å². The van der Waals surface area contributed by atoms with E-state index in [1.807, 2.05) is 38.1 Å². The summed E-state index contributed by atoms with van der Waals surface area (Å²) in [6.07, 6.45) is -0.670. The molecule has 30 heavy (non-hydrogen) atoms. The van der Waals surface area contributed by atoms with Crippen molar-refractivity contribution in [3.05, 3.63) is 70.8 Å². The molecule has 0 saturated carbocycles. The van der Waals surface area contributed by atoms with E-state index in [0.717, 1.165) is 22.3 Å². The van der Waals surface area contributed by atoms with Gasteiger partial charge >= 0.3 is 6.09 Å². The van der Waals surface area contributed by atoms with Crippen molar-refractivity contribution in [1.29, 1.82) is 0 Å². The SMILES string of the molecule is Cc1ccc(C[C@@H](NC(=O)[C@H](CO)NC(=O)OCc2ccccc2)C(N)=O)cc1C. The Morgan fingerprint density at radius 1 is 0.967 bits per heavy atom. The van der Waals surface area contributed by atoms with Crippen LogP contribution in [0, 0.1) is 13.8 Å². The summed E-state index contributed by atoms with van der Waals surface area (Å²) in [6, 6.07) is 12.4. The van der Waals surface area contributed by atoms with E-state index >= 15 is 0 Å². The molecule has 2 rings (SSSR count). The van der Waals surface area contributed by atoms with Crippen LogP contribution in [-0.4, -0.2) is 41.7 Å². The van der Waals surface area contributed by atoms with Gasteiger partial charge in [-0.15, -0.1) is 0 Å². The number of nitrogens with one attached hydrogen (secondary N) is 2. The van der Waals surface area contributed by atoms with Gasteiger partial charge in [0.2, 0.25) is 11.8 Å². The maximum Gasteiger partial charge on any atom is 0.408 e. The lowest BCUT2D eigenvalue weighted by molar-refractivity contribution is -0.129. The number of rotatable bonds is 9. The van der Waals surface area contributed by atoms with Crippen molar-refractivity contribution in [3.63, 3.8) is 0 Å². The Kier molecular flexibility index (Phi) is 8.37. The Morgan fingerprint density at radius 2 is 1.67 bits per heavy atom. The number of alkyl carbamates (subject to hydrolysis) is 1. The second-order valence-electron chi connectivity index (χ2n) is 7.03. The van der Waals surface area contributed by atoms with Crippen LogP contribution in [0.25, 0.3) is 0 Å². The zero-order chi connectivity index (χ0) is 22.1. The molecule has 8 nitrogen and oxygen atoms in total. The zero-order valence-electron chi connectivity index (χ0n) is 17.1. The first-order valence-corrected chi connectivity index (χ1v) is 9.54. The van der Waals surface area contributed by atoms with Gasteiger partial charge in [0.25, 0.3) is 0 Å². The average molecular weight is 413 g/mol. The first kappa shape index (κ1) is 22.9. The van der Waals surface area contributed by atoms with Crippen molar-refractivity contribution in [3.8, 4) is 0 Å². The number of ether oxygens (including phenoxy) is 1. The fourth-order valence-corrected chi connectivity index (χ4v) is 2.76. The van der Waals surface area contributed by atoms with Crippen molar-refractivity contribution in [2.75, 3.05) is 6.61 Å². The molecule has 0 spiro atoms. The Morgan fingerprint density at radius 3 is 2.27 bits per heavy atom. The maximum atomic E-state index is 12.5. The van der Waals surface area contributed by atoms with Crippen LogP contribution in [0.4, 0.5) is 4.79 Å². The summed E-state index contributed by atoms with van der Waals surface area (Å²) in [7, 11) is 0. The zero-order valence-corrected chi connectivity index (χ0v) is 17.1. The third kappa shape index (κ3) is 6.89. The van der Waals surface area contributed by atoms with Crippen molar-refractivity contribution in [2.45, 2.75) is 39.0 Å². The number of nitrogens with two attached hydrogens (primary N) is 1. The number of aliphatic hydroxyl groups is 1. The highest BCUT2D eigenvalue weighted by Crippen LogP contribution is 2.12. The molecule has 8 heteroatoms. The second kappa shape index (κ2) is 11.0. The number of amides is 3. The van der Waals surface area contributed by atoms with Crippen molar-refractivity contribution >= 4 is 17.9 Å². The fourth-order valence-electron chi connectivity index (χ4n) is 2.76. The van der Waals surface area contributed by atoms with Crippen LogP contribution >= 0.6 is 0 Å². The average Bonchev–Trinajstić information content (AvgIpc) is 2.73. The molecule has 0 bridgehead atoms. The molecule has 3 amide bonds. The number of aliphatic hydroxyl groups excluding tert-OH is 1. The van der Waals surface area contributed by atoms with Crippen LogP contribution in [0.5, 0.6) is 0 Å². The van der Waals surface area contributed by atoms with E-state index in [9.17, 15) is 19.5 Å². The molecule has 0 radical (unpaired) electrons. The number of carbonyl (C=O) groups is 3. The molecule has 0 aliphatic rings. The summed E-state index contributed by atoms with van der Waals surface area (Å²) in [4.78, 5) is 36.2. The van der Waals surface area contributed by atoms with Gasteiger partial charge in [-0.05, 0) is 36.1 Å².